The van der Waals surface area contributed by atoms with Crippen molar-refractivity contribution in [2.24, 2.45) is 0 Å². The van der Waals surface area contributed by atoms with E-state index in [9.17, 15) is 0 Å². The Morgan fingerprint density at radius 1 is 0.186 bits per heavy atom. The molecule has 19 aromatic carbocycles. The molecule has 0 radical (unpaired) electrons. The Morgan fingerprint density at radius 3 is 0.627 bits per heavy atom. The maximum absolute atomic E-state index is 17.2. The van der Waals surface area contributed by atoms with Crippen molar-refractivity contribution in [3.8, 4) is 46.0 Å². The number of hydrogen-bond acceptors (Lipinski definition) is 8. The number of rotatable bonds is 22. The lowest BCUT2D eigenvalue weighted by atomic mass is 9.80. The zero-order valence-corrected chi connectivity index (χ0v) is 64.3. The van der Waals surface area contributed by atoms with E-state index >= 15 is 19.2 Å². The summed E-state index contributed by atoms with van der Waals surface area (Å²) in [6.07, 6.45) is 4.38. The van der Waals surface area contributed by atoms with Crippen LogP contribution >= 0.6 is 0 Å². The molecule has 0 aliphatic carbocycles. The van der Waals surface area contributed by atoms with Crippen molar-refractivity contribution in [1.82, 2.24) is 0 Å². The normalized spacial score (nSPS) is 12.7. The van der Waals surface area contributed by atoms with Crippen LogP contribution < -0.4 is 28.7 Å². The van der Waals surface area contributed by atoms with Crippen LogP contribution in [0.2, 0.25) is 0 Å². The van der Waals surface area contributed by atoms with Crippen molar-refractivity contribution in [2.75, 3.05) is 9.80 Å². The van der Waals surface area contributed by atoms with Gasteiger partial charge < -0.3 is 18.9 Å². The second kappa shape index (κ2) is 29.8. The minimum atomic E-state index is -0.559. The summed E-state index contributed by atoms with van der Waals surface area (Å²) in [4.78, 5) is 71.6. The molecule has 0 saturated carbocycles. The number of anilines is 2. The van der Waals surface area contributed by atoms with Crippen LogP contribution in [0, 0.1) is 0 Å². The Hall–Kier alpha value is -15.0. The first kappa shape index (κ1) is 70.8. The summed E-state index contributed by atoms with van der Waals surface area (Å²) in [6.45, 7) is 0. The average Bonchev–Trinajstić information content (AvgIpc) is 0.669. The molecule has 4 amide bonds. The third-order valence-corrected chi connectivity index (χ3v) is 23.8. The Balaban J connectivity index is 0.827. The van der Waals surface area contributed by atoms with Gasteiger partial charge in [0.15, 0.2) is 0 Å². The van der Waals surface area contributed by atoms with E-state index in [4.69, 9.17) is 18.9 Å². The van der Waals surface area contributed by atoms with Crippen molar-refractivity contribution in [1.29, 1.82) is 0 Å². The van der Waals surface area contributed by atoms with Gasteiger partial charge in [0.1, 0.15) is 46.0 Å². The van der Waals surface area contributed by atoms with Gasteiger partial charge in [-0.1, -0.05) is 279 Å². The van der Waals surface area contributed by atoms with E-state index in [0.717, 1.165) is 87.6 Å². The highest BCUT2D eigenvalue weighted by Gasteiger charge is 2.44. The van der Waals surface area contributed by atoms with E-state index in [1.165, 1.54) is 9.80 Å². The van der Waals surface area contributed by atoms with Crippen LogP contribution in [0.25, 0.3) is 86.2 Å². The fourth-order valence-corrected chi connectivity index (χ4v) is 18.5. The molecule has 0 unspecified atom stereocenters. The second-order valence-electron chi connectivity index (χ2n) is 30.6. The highest BCUT2D eigenvalue weighted by Crippen LogP contribution is 2.59. The van der Waals surface area contributed by atoms with Crippen molar-refractivity contribution in [2.45, 2.75) is 51.4 Å². The van der Waals surface area contributed by atoms with Crippen LogP contribution in [0.5, 0.6) is 46.0 Å². The number of benzene rings is 19. The quantitative estimate of drug-likeness (QED) is 0.0375. The van der Waals surface area contributed by atoms with Gasteiger partial charge in [-0.3, -0.25) is 19.2 Å². The molecular formula is C108H74N2O8. The standard InChI is InChI=1S/C108H74N2O8/c111-105-87-63-91(115-79-43-5-1-6-44-79)97-98-92(116-80-45-7-2-8-46-80)64-89-96-90(108(114)110(107(89)113)104-77(61-57-73-37-23-33-69-29-15-19-53-85(69)73)41-26-42-78(104)62-58-74-38-24-34-70-30-16-20-54-86(70)74)66-94(118-82-49-11-4-12-50-82)100(102(96)98)99-93(117-81-47-9-3-10-48-81)65-88(95(87)101(97)99)106(112)109(105)103-75(59-55-71-35-21-31-67-27-13-17-51-83(67)71)39-25-40-76(103)60-56-72-36-22-32-68-28-14-18-52-84(68)72/h1-54,63-66H,55-62H2. The Morgan fingerprint density at radius 2 is 0.381 bits per heavy atom. The van der Waals surface area contributed by atoms with E-state index in [1.54, 1.807) is 24.3 Å². The molecule has 0 aromatic heterocycles. The van der Waals surface area contributed by atoms with Gasteiger partial charge >= 0.3 is 0 Å². The van der Waals surface area contributed by atoms with E-state index in [0.29, 0.717) is 129 Å². The summed E-state index contributed by atoms with van der Waals surface area (Å²) < 4.78 is 29.7. The fourth-order valence-electron chi connectivity index (χ4n) is 18.5. The van der Waals surface area contributed by atoms with E-state index in [2.05, 4.69) is 170 Å². The van der Waals surface area contributed by atoms with Crippen LogP contribution in [0.15, 0.2) is 352 Å². The molecule has 19 aromatic rings. The number of hydrogen-bond donors (Lipinski definition) is 0. The van der Waals surface area contributed by atoms with Crippen molar-refractivity contribution < 1.29 is 38.1 Å². The smallest absolute Gasteiger partial charge is 0.266 e. The van der Waals surface area contributed by atoms with Crippen molar-refractivity contribution in [3.63, 3.8) is 0 Å². The zero-order chi connectivity index (χ0) is 78.9. The largest absolute Gasteiger partial charge is 0.457 e. The van der Waals surface area contributed by atoms with Gasteiger partial charge in [-0.05, 0) is 212 Å². The Labute approximate surface area is 680 Å². The van der Waals surface area contributed by atoms with Gasteiger partial charge in [-0.15, -0.1) is 0 Å². The molecule has 2 heterocycles. The minimum Gasteiger partial charge on any atom is -0.457 e. The molecule has 0 spiro atoms. The maximum Gasteiger partial charge on any atom is 0.266 e. The zero-order valence-electron chi connectivity index (χ0n) is 64.3. The van der Waals surface area contributed by atoms with Crippen molar-refractivity contribution in [3.05, 3.63) is 419 Å². The predicted octanol–water partition coefficient (Wildman–Crippen LogP) is 26.3. The average molecular weight is 1530 g/mol. The van der Waals surface area contributed by atoms with Crippen LogP contribution in [0.3, 0.4) is 0 Å². The van der Waals surface area contributed by atoms with Crippen LogP contribution in [-0.2, 0) is 51.4 Å². The van der Waals surface area contributed by atoms with Gasteiger partial charge in [0.25, 0.3) is 23.6 Å². The molecule has 21 rings (SSSR count). The van der Waals surface area contributed by atoms with Crippen molar-refractivity contribution >= 4 is 121 Å². The highest BCUT2D eigenvalue weighted by molar-refractivity contribution is 6.48. The van der Waals surface area contributed by atoms with Gasteiger partial charge in [0.05, 0.1) is 33.6 Å². The molecule has 118 heavy (non-hydrogen) atoms. The third-order valence-electron chi connectivity index (χ3n) is 23.8. The molecule has 2 aliphatic rings. The first-order valence-corrected chi connectivity index (χ1v) is 40.3. The highest BCUT2D eigenvalue weighted by atomic mass is 16.5. The summed E-state index contributed by atoms with van der Waals surface area (Å²) in [6, 6.07) is 116. The summed E-state index contributed by atoms with van der Waals surface area (Å²) in [5, 5.41) is 12.2. The summed E-state index contributed by atoms with van der Waals surface area (Å²) in [5.74, 6) is 0.430. The Kier molecular flexibility index (Phi) is 17.9. The third kappa shape index (κ3) is 12.4. The van der Waals surface area contributed by atoms with Crippen LogP contribution in [0.4, 0.5) is 11.4 Å². The van der Waals surface area contributed by atoms with Crippen LogP contribution in [-0.4, -0.2) is 23.6 Å². The molecule has 0 bridgehead atoms. The minimum absolute atomic E-state index is 0.192. The number of carbonyl (C=O) groups excluding carboxylic acids is 4. The number of para-hydroxylation sites is 6. The molecule has 10 nitrogen and oxygen atoms in total. The lowest BCUT2D eigenvalue weighted by Gasteiger charge is -2.34. The van der Waals surface area contributed by atoms with Gasteiger partial charge in [0, 0.05) is 43.1 Å². The Bertz CT molecular complexity index is 6420. The molecule has 2 aliphatic heterocycles. The molecular weight excluding hydrogens is 1450 g/mol. The number of amides is 4. The fraction of sp³-hybridized carbons (Fsp3) is 0.0741. The number of ether oxygens (including phenoxy) is 4. The number of carbonyl (C=O) groups is 4. The number of fused-ring (bicyclic) bond motifs is 6. The number of nitrogens with zero attached hydrogens (tertiary/aromatic N) is 2. The monoisotopic (exact) mass is 1530 g/mol. The van der Waals surface area contributed by atoms with E-state index in [-0.39, 0.29) is 45.3 Å². The maximum atomic E-state index is 17.2. The first-order valence-electron chi connectivity index (χ1n) is 40.3. The number of aryl methyl sites for hydroxylation is 8. The molecule has 0 saturated heterocycles. The molecule has 0 N–H and O–H groups in total. The molecule has 0 fully saturated rings. The molecule has 564 valence electrons. The predicted molar refractivity (Wildman–Crippen MR) is 474 cm³/mol. The lowest BCUT2D eigenvalue weighted by Crippen LogP contribution is -2.42. The van der Waals surface area contributed by atoms with Gasteiger partial charge in [-0.2, -0.15) is 0 Å². The topological polar surface area (TPSA) is 112 Å². The lowest BCUT2D eigenvalue weighted by molar-refractivity contribution is 0.0877. The van der Waals surface area contributed by atoms with Gasteiger partial charge in [0.2, 0.25) is 0 Å². The summed E-state index contributed by atoms with van der Waals surface area (Å²) in [5.41, 5.74) is 9.65. The van der Waals surface area contributed by atoms with Crippen LogP contribution in [0.1, 0.15) is 85.9 Å². The number of imide groups is 2. The van der Waals surface area contributed by atoms with E-state index < -0.39 is 23.6 Å². The summed E-state index contributed by atoms with van der Waals surface area (Å²) in [7, 11) is 0. The molecule has 0 atom stereocenters. The molecule has 10 heteroatoms. The van der Waals surface area contributed by atoms with E-state index in [1.807, 2.05) is 158 Å². The summed E-state index contributed by atoms with van der Waals surface area (Å²) >= 11 is 0. The first-order chi connectivity index (χ1) is 58.2. The van der Waals surface area contributed by atoms with Gasteiger partial charge in [-0.25, -0.2) is 9.80 Å². The SMILES string of the molecule is O=C1c2cc(Oc3ccccc3)c3c4c(Oc5ccccc5)cc5c6c(cc(Oc7ccccc7)c(c7c(Oc8ccccc8)cc(c2c37)C(=O)N1c1c(CCc2cccc3ccccc23)cccc1CCc1cccc2ccccc12)c64)C(=O)N(c1c(CCc2cccc3ccccc23)cccc1CCc1cccc2ccccc12)C5=O. The second-order valence-corrected chi connectivity index (χ2v) is 30.6.